The van der Waals surface area contributed by atoms with E-state index in [0.717, 1.165) is 30.8 Å². The van der Waals surface area contributed by atoms with Crippen molar-refractivity contribution in [2.75, 3.05) is 26.8 Å². The molecule has 0 N–H and O–H groups in total. The zero-order chi connectivity index (χ0) is 11.4. The van der Waals surface area contributed by atoms with Crippen LogP contribution in [0.15, 0.2) is 43.0 Å². The first-order valence-electron chi connectivity index (χ1n) is 5.83. The number of hydrogen-bond donors (Lipinski definition) is 0. The van der Waals surface area contributed by atoms with Crippen LogP contribution in [0.2, 0.25) is 0 Å². The van der Waals surface area contributed by atoms with E-state index in [9.17, 15) is 0 Å². The van der Waals surface area contributed by atoms with Gasteiger partial charge in [-0.3, -0.25) is 0 Å². The molecule has 1 fully saturated rings. The molecule has 0 aromatic heterocycles. The summed E-state index contributed by atoms with van der Waals surface area (Å²) in [6.07, 6.45) is 2.03. The van der Waals surface area contributed by atoms with Gasteiger partial charge in [-0.25, -0.2) is 0 Å². The van der Waals surface area contributed by atoms with Crippen molar-refractivity contribution in [2.24, 2.45) is 0 Å². The van der Waals surface area contributed by atoms with Crippen molar-refractivity contribution < 1.29 is 21.6 Å². The Morgan fingerprint density at radius 1 is 1.41 bits per heavy atom. The molecule has 1 heterocycles. The highest BCUT2D eigenvalue weighted by Gasteiger charge is 2.33. The third-order valence-corrected chi connectivity index (χ3v) is 3.49. The zero-order valence-corrected chi connectivity index (χ0v) is 11.1. The maximum Gasteiger partial charge on any atom is 0.131 e. The van der Waals surface area contributed by atoms with Gasteiger partial charge in [-0.2, -0.15) is 0 Å². The van der Waals surface area contributed by atoms with Crippen LogP contribution in [0, 0.1) is 0 Å². The fraction of sp³-hybridized carbons (Fsp3) is 0.429. The highest BCUT2D eigenvalue weighted by atomic mass is 35.5. The molecular formula is C14H20ClNO. The van der Waals surface area contributed by atoms with Crippen LogP contribution in [0.1, 0.15) is 5.56 Å². The van der Waals surface area contributed by atoms with Gasteiger partial charge in [0.25, 0.3) is 0 Å². The van der Waals surface area contributed by atoms with Gasteiger partial charge in [0.2, 0.25) is 0 Å². The summed E-state index contributed by atoms with van der Waals surface area (Å²) in [7, 11) is 2.29. The molecule has 17 heavy (non-hydrogen) atoms. The lowest BCUT2D eigenvalue weighted by atomic mass is 10.1. The van der Waals surface area contributed by atoms with Gasteiger partial charge < -0.3 is 21.6 Å². The Morgan fingerprint density at radius 2 is 2.12 bits per heavy atom. The Balaban J connectivity index is 0.00000144. The van der Waals surface area contributed by atoms with Crippen LogP contribution >= 0.6 is 0 Å². The van der Waals surface area contributed by atoms with E-state index in [4.69, 9.17) is 4.74 Å². The second kappa shape index (κ2) is 6.20. The summed E-state index contributed by atoms with van der Waals surface area (Å²) in [5.74, 6) is 0. The van der Waals surface area contributed by atoms with E-state index < -0.39 is 0 Å². The summed E-state index contributed by atoms with van der Waals surface area (Å²) in [6.45, 7) is 7.70. The van der Waals surface area contributed by atoms with E-state index in [0.29, 0.717) is 6.04 Å². The molecule has 0 aliphatic carbocycles. The standard InChI is InChI=1S/C14H20NO.ClH/c1-3-14-12-16-10-9-15(14,2)11-13-7-5-4-6-8-13;/h3-8,14H,1,9-12H2,2H3;1H/q+1;/p-1. The van der Waals surface area contributed by atoms with E-state index in [1.165, 1.54) is 5.56 Å². The normalized spacial score (nSPS) is 28.2. The van der Waals surface area contributed by atoms with Gasteiger partial charge in [0.05, 0.1) is 13.7 Å². The average molecular weight is 254 g/mol. The molecule has 1 aliphatic rings. The minimum Gasteiger partial charge on any atom is -1.00 e. The first-order chi connectivity index (χ1) is 7.74. The fourth-order valence-electron chi connectivity index (χ4n) is 2.34. The Labute approximate surface area is 110 Å². The molecule has 0 radical (unpaired) electrons. The minimum atomic E-state index is 0. The summed E-state index contributed by atoms with van der Waals surface area (Å²) in [5.41, 5.74) is 1.39. The maximum atomic E-state index is 5.52. The van der Waals surface area contributed by atoms with Crippen LogP contribution < -0.4 is 12.4 Å². The van der Waals surface area contributed by atoms with Gasteiger partial charge >= 0.3 is 0 Å². The van der Waals surface area contributed by atoms with Crippen LogP contribution in [-0.2, 0) is 11.3 Å². The van der Waals surface area contributed by atoms with Crippen LogP contribution in [-0.4, -0.2) is 37.3 Å². The molecule has 0 spiro atoms. The number of halogens is 1. The lowest BCUT2D eigenvalue weighted by Crippen LogP contribution is -3.00. The molecule has 3 heteroatoms. The van der Waals surface area contributed by atoms with Gasteiger partial charge in [0.1, 0.15) is 25.7 Å². The number of quaternary nitrogens is 1. The molecule has 0 amide bonds. The third kappa shape index (κ3) is 3.32. The highest BCUT2D eigenvalue weighted by Crippen LogP contribution is 2.20. The van der Waals surface area contributed by atoms with Gasteiger partial charge in [0.15, 0.2) is 0 Å². The van der Waals surface area contributed by atoms with Crippen molar-refractivity contribution >= 4 is 0 Å². The smallest absolute Gasteiger partial charge is 0.131 e. The summed E-state index contributed by atoms with van der Waals surface area (Å²) < 4.78 is 6.53. The van der Waals surface area contributed by atoms with Crippen molar-refractivity contribution in [3.8, 4) is 0 Å². The second-order valence-electron chi connectivity index (χ2n) is 4.72. The highest BCUT2D eigenvalue weighted by molar-refractivity contribution is 5.13. The quantitative estimate of drug-likeness (QED) is 0.508. The molecule has 2 nitrogen and oxygen atoms in total. The van der Waals surface area contributed by atoms with E-state index in [-0.39, 0.29) is 12.4 Å². The SMILES string of the molecule is C=CC1COCC[N+]1(C)Cc1ccccc1.[Cl-]. The number of likely N-dealkylation sites (N-methyl/N-ethyl adjacent to an activating group) is 1. The number of rotatable bonds is 3. The number of morpholine rings is 1. The molecule has 1 aromatic carbocycles. The Hall–Kier alpha value is -0.830. The molecule has 0 bridgehead atoms. The number of benzene rings is 1. The molecule has 1 aromatic rings. The van der Waals surface area contributed by atoms with Gasteiger partial charge in [-0.15, -0.1) is 0 Å². The summed E-state index contributed by atoms with van der Waals surface area (Å²) in [4.78, 5) is 0. The van der Waals surface area contributed by atoms with E-state index in [1.807, 2.05) is 6.08 Å². The molecule has 2 atom stereocenters. The average Bonchev–Trinajstić information content (AvgIpc) is 2.30. The number of ether oxygens (including phenoxy) is 1. The zero-order valence-electron chi connectivity index (χ0n) is 10.3. The largest absolute Gasteiger partial charge is 1.00 e. The second-order valence-corrected chi connectivity index (χ2v) is 4.72. The Bertz CT molecular complexity index is 354. The lowest BCUT2D eigenvalue weighted by molar-refractivity contribution is -0.947. The lowest BCUT2D eigenvalue weighted by Gasteiger charge is -2.43. The predicted octanol–water partition coefficient (Wildman–Crippen LogP) is -0.778. The molecule has 1 saturated heterocycles. The summed E-state index contributed by atoms with van der Waals surface area (Å²) >= 11 is 0. The minimum absolute atomic E-state index is 0. The first kappa shape index (κ1) is 14.2. The number of hydrogen-bond acceptors (Lipinski definition) is 1. The predicted molar refractivity (Wildman–Crippen MR) is 66.0 cm³/mol. The Kier molecular flexibility index (Phi) is 5.19. The monoisotopic (exact) mass is 253 g/mol. The molecule has 2 unspecified atom stereocenters. The van der Waals surface area contributed by atoms with Crippen LogP contribution in [0.3, 0.4) is 0 Å². The topological polar surface area (TPSA) is 9.23 Å². The molecule has 94 valence electrons. The van der Waals surface area contributed by atoms with E-state index >= 15 is 0 Å². The van der Waals surface area contributed by atoms with Crippen molar-refractivity contribution in [1.29, 1.82) is 0 Å². The van der Waals surface area contributed by atoms with Gasteiger partial charge in [0, 0.05) is 5.56 Å². The first-order valence-corrected chi connectivity index (χ1v) is 5.83. The van der Waals surface area contributed by atoms with Crippen LogP contribution in [0.5, 0.6) is 0 Å². The van der Waals surface area contributed by atoms with Crippen molar-refractivity contribution in [3.05, 3.63) is 48.6 Å². The molecular weight excluding hydrogens is 234 g/mol. The number of nitrogens with zero attached hydrogens (tertiary/aromatic N) is 1. The van der Waals surface area contributed by atoms with E-state index in [2.05, 4.69) is 44.0 Å². The van der Waals surface area contributed by atoms with Crippen LogP contribution in [0.25, 0.3) is 0 Å². The fourth-order valence-corrected chi connectivity index (χ4v) is 2.34. The molecule has 2 rings (SSSR count). The Morgan fingerprint density at radius 3 is 2.76 bits per heavy atom. The van der Waals surface area contributed by atoms with Gasteiger partial charge in [-0.1, -0.05) is 36.9 Å². The van der Waals surface area contributed by atoms with Crippen molar-refractivity contribution in [2.45, 2.75) is 12.6 Å². The third-order valence-electron chi connectivity index (χ3n) is 3.49. The van der Waals surface area contributed by atoms with E-state index in [1.54, 1.807) is 0 Å². The van der Waals surface area contributed by atoms with Crippen molar-refractivity contribution in [1.82, 2.24) is 0 Å². The van der Waals surface area contributed by atoms with Gasteiger partial charge in [-0.05, 0) is 6.08 Å². The summed E-state index contributed by atoms with van der Waals surface area (Å²) in [6, 6.07) is 11.1. The maximum absolute atomic E-state index is 5.52. The van der Waals surface area contributed by atoms with Crippen molar-refractivity contribution in [3.63, 3.8) is 0 Å². The molecule has 1 aliphatic heterocycles. The van der Waals surface area contributed by atoms with Crippen LogP contribution in [0.4, 0.5) is 0 Å². The summed E-state index contributed by atoms with van der Waals surface area (Å²) in [5, 5.41) is 0. The molecule has 0 saturated carbocycles.